The average molecular weight is 439 g/mol. The third-order valence-corrected chi connectivity index (χ3v) is 5.07. The Labute approximate surface area is 190 Å². The Balaban J connectivity index is 1.51. The van der Waals surface area contributed by atoms with Gasteiger partial charge >= 0.3 is 6.01 Å². The number of nitrogens with one attached hydrogen (secondary N) is 1. The van der Waals surface area contributed by atoms with Crippen LogP contribution in [-0.2, 0) is 13.7 Å². The highest BCUT2D eigenvalue weighted by Crippen LogP contribution is 2.27. The number of ether oxygens (including phenoxy) is 2. The maximum absolute atomic E-state index is 5.92. The highest BCUT2D eigenvalue weighted by atomic mass is 16.5. The van der Waals surface area contributed by atoms with Crippen molar-refractivity contribution < 1.29 is 9.47 Å². The number of hydrogen-bond acceptors (Lipinski definition) is 8. The quantitative estimate of drug-likeness (QED) is 0.404. The van der Waals surface area contributed by atoms with Gasteiger partial charge in [0.15, 0.2) is 5.82 Å². The molecule has 0 aliphatic heterocycles. The molecule has 0 unspecified atom stereocenters. The molecule has 0 aliphatic rings. The Morgan fingerprint density at radius 1 is 0.909 bits per heavy atom. The maximum Gasteiger partial charge on any atom is 0.319 e. The van der Waals surface area contributed by atoms with Gasteiger partial charge in [0.05, 0.1) is 36.5 Å². The molecule has 1 N–H and O–H groups in total. The number of methoxy groups -OCH3 is 1. The van der Waals surface area contributed by atoms with Gasteiger partial charge in [0.2, 0.25) is 0 Å². The monoisotopic (exact) mass is 439 g/mol. The van der Waals surface area contributed by atoms with Crippen LogP contribution in [0.1, 0.15) is 5.56 Å². The summed E-state index contributed by atoms with van der Waals surface area (Å²) in [6.45, 7) is 0.324. The Hall–Kier alpha value is -4.53. The van der Waals surface area contributed by atoms with Crippen LogP contribution in [0.3, 0.4) is 0 Å². The van der Waals surface area contributed by atoms with Gasteiger partial charge in [-0.2, -0.15) is 9.97 Å². The highest BCUT2D eigenvalue weighted by Gasteiger charge is 2.14. The molecule has 4 heterocycles. The van der Waals surface area contributed by atoms with Crippen molar-refractivity contribution in [3.05, 3.63) is 79.0 Å². The van der Waals surface area contributed by atoms with Crippen molar-refractivity contribution >= 4 is 22.5 Å². The van der Waals surface area contributed by atoms with Gasteiger partial charge in [0.1, 0.15) is 17.9 Å². The van der Waals surface area contributed by atoms with Crippen LogP contribution in [0.2, 0.25) is 0 Å². The van der Waals surface area contributed by atoms with Gasteiger partial charge in [0.25, 0.3) is 0 Å². The first-order chi connectivity index (χ1) is 16.2. The van der Waals surface area contributed by atoms with Gasteiger partial charge in [-0.05, 0) is 42.0 Å². The summed E-state index contributed by atoms with van der Waals surface area (Å²) in [4.78, 5) is 22.3. The minimum absolute atomic E-state index is 0.255. The summed E-state index contributed by atoms with van der Waals surface area (Å²) in [7, 11) is 3.57. The molecule has 0 bridgehead atoms. The molecule has 33 heavy (non-hydrogen) atoms. The summed E-state index contributed by atoms with van der Waals surface area (Å²) in [6.07, 6.45) is 6.93. The van der Waals surface area contributed by atoms with Crippen LogP contribution < -0.4 is 14.8 Å². The molecule has 5 aromatic rings. The van der Waals surface area contributed by atoms with Gasteiger partial charge in [-0.3, -0.25) is 4.98 Å². The molecular weight excluding hydrogens is 418 g/mol. The molecule has 0 fully saturated rings. The Morgan fingerprint density at radius 3 is 2.45 bits per heavy atom. The van der Waals surface area contributed by atoms with Gasteiger partial charge in [-0.1, -0.05) is 12.1 Å². The lowest BCUT2D eigenvalue weighted by atomic mass is 10.2. The summed E-state index contributed by atoms with van der Waals surface area (Å²) in [5.74, 6) is 1.33. The number of benzene rings is 1. The van der Waals surface area contributed by atoms with Crippen LogP contribution in [0.25, 0.3) is 22.4 Å². The predicted octanol–water partition coefficient (Wildman–Crippen LogP) is 4.15. The zero-order chi connectivity index (χ0) is 22.6. The summed E-state index contributed by atoms with van der Waals surface area (Å²) < 4.78 is 13.0. The number of hydrogen-bond donors (Lipinski definition) is 1. The normalized spacial score (nSPS) is 10.8. The van der Waals surface area contributed by atoms with E-state index in [9.17, 15) is 0 Å². The maximum atomic E-state index is 5.92. The third-order valence-electron chi connectivity index (χ3n) is 5.07. The Kier molecular flexibility index (Phi) is 5.50. The van der Waals surface area contributed by atoms with Crippen molar-refractivity contribution in [2.45, 2.75) is 6.61 Å². The molecule has 0 aliphatic carbocycles. The molecule has 164 valence electrons. The van der Waals surface area contributed by atoms with E-state index in [-0.39, 0.29) is 6.01 Å². The highest BCUT2D eigenvalue weighted by molar-refractivity contribution is 5.89. The molecule has 1 aromatic carbocycles. The van der Waals surface area contributed by atoms with Crippen molar-refractivity contribution in [3.63, 3.8) is 0 Å². The number of anilines is 2. The van der Waals surface area contributed by atoms with Gasteiger partial charge in [-0.25, -0.2) is 9.97 Å². The zero-order valence-electron chi connectivity index (χ0n) is 18.1. The average Bonchev–Trinajstić information content (AvgIpc) is 3.29. The van der Waals surface area contributed by atoms with E-state index in [0.717, 1.165) is 28.4 Å². The summed E-state index contributed by atoms with van der Waals surface area (Å²) in [5, 5.41) is 3.32. The minimum atomic E-state index is 0.255. The van der Waals surface area contributed by atoms with E-state index >= 15 is 0 Å². The summed E-state index contributed by atoms with van der Waals surface area (Å²) in [6, 6.07) is 15.5. The van der Waals surface area contributed by atoms with Crippen molar-refractivity contribution in [2.24, 2.45) is 7.05 Å². The summed E-state index contributed by atoms with van der Waals surface area (Å²) >= 11 is 0. The molecular formula is C24H21N7O2. The van der Waals surface area contributed by atoms with Gasteiger partial charge < -0.3 is 19.4 Å². The number of imidazole rings is 1. The summed E-state index contributed by atoms with van der Waals surface area (Å²) in [5.41, 5.74) is 4.77. The molecule has 0 atom stereocenters. The molecule has 9 heteroatoms. The number of aromatic nitrogens is 6. The smallest absolute Gasteiger partial charge is 0.319 e. The first kappa shape index (κ1) is 20.4. The SMILES string of the molecule is COc1ccc(COc2nc(Nc3ccncc3)c3nc(-c4cncn4C)ccc3n2)cc1. The number of aryl methyl sites for hydroxylation is 1. The standard InChI is InChI=1S/C24H21N7O2/c1-31-15-26-13-21(31)19-7-8-20-22(28-19)23(27-17-9-11-25-12-10-17)30-24(29-20)33-14-16-3-5-18(32-2)6-4-16/h3-13,15H,14H2,1-2H3,(H,25,27,29,30). The van der Waals surface area contributed by atoms with E-state index in [1.54, 1.807) is 32.0 Å². The van der Waals surface area contributed by atoms with Crippen LogP contribution >= 0.6 is 0 Å². The van der Waals surface area contributed by atoms with Crippen molar-refractivity contribution in [3.8, 4) is 23.1 Å². The number of fused-ring (bicyclic) bond motifs is 1. The minimum Gasteiger partial charge on any atom is -0.497 e. The third kappa shape index (κ3) is 4.42. The number of pyridine rings is 2. The van der Waals surface area contributed by atoms with Crippen molar-refractivity contribution in [1.29, 1.82) is 0 Å². The molecule has 4 aromatic heterocycles. The van der Waals surface area contributed by atoms with E-state index in [0.29, 0.717) is 23.5 Å². The molecule has 9 nitrogen and oxygen atoms in total. The lowest BCUT2D eigenvalue weighted by Crippen LogP contribution is -2.04. The van der Waals surface area contributed by atoms with Crippen molar-refractivity contribution in [2.75, 3.05) is 12.4 Å². The zero-order valence-corrected chi connectivity index (χ0v) is 18.1. The van der Waals surface area contributed by atoms with E-state index in [4.69, 9.17) is 14.5 Å². The predicted molar refractivity (Wildman–Crippen MR) is 124 cm³/mol. The van der Waals surface area contributed by atoms with Crippen molar-refractivity contribution in [1.82, 2.24) is 29.5 Å². The second-order valence-electron chi connectivity index (χ2n) is 7.31. The van der Waals surface area contributed by atoms with Crippen LogP contribution in [0.4, 0.5) is 11.5 Å². The van der Waals surface area contributed by atoms with E-state index in [1.165, 1.54) is 0 Å². The molecule has 0 amide bonds. The first-order valence-corrected chi connectivity index (χ1v) is 10.3. The fourth-order valence-electron chi connectivity index (χ4n) is 3.33. The first-order valence-electron chi connectivity index (χ1n) is 10.3. The van der Waals surface area contributed by atoms with Crippen LogP contribution in [0, 0.1) is 0 Å². The molecule has 0 radical (unpaired) electrons. The molecule has 0 spiro atoms. The largest absolute Gasteiger partial charge is 0.497 e. The second-order valence-corrected chi connectivity index (χ2v) is 7.31. The van der Waals surface area contributed by atoms with E-state index < -0.39 is 0 Å². The topological polar surface area (TPSA) is 99.9 Å². The molecule has 0 saturated heterocycles. The Bertz CT molecular complexity index is 1390. The second kappa shape index (κ2) is 8.91. The Morgan fingerprint density at radius 2 is 1.73 bits per heavy atom. The van der Waals surface area contributed by atoms with Crippen LogP contribution in [0.5, 0.6) is 11.8 Å². The number of rotatable bonds is 7. The van der Waals surface area contributed by atoms with Gasteiger partial charge in [0, 0.05) is 25.1 Å². The van der Waals surface area contributed by atoms with Gasteiger partial charge in [-0.15, -0.1) is 0 Å². The lowest BCUT2D eigenvalue weighted by Gasteiger charge is -2.12. The van der Waals surface area contributed by atoms with Crippen LogP contribution in [0.15, 0.2) is 73.4 Å². The van der Waals surface area contributed by atoms with E-state index in [2.05, 4.69) is 25.3 Å². The number of nitrogens with zero attached hydrogens (tertiary/aromatic N) is 6. The van der Waals surface area contributed by atoms with Crippen LogP contribution in [-0.4, -0.2) is 36.6 Å². The fraction of sp³-hybridized carbons (Fsp3) is 0.125. The lowest BCUT2D eigenvalue weighted by molar-refractivity contribution is 0.282. The molecule has 0 saturated carbocycles. The van der Waals surface area contributed by atoms with E-state index in [1.807, 2.05) is 60.1 Å². The fourth-order valence-corrected chi connectivity index (χ4v) is 3.33. The molecule has 5 rings (SSSR count).